The van der Waals surface area contributed by atoms with Crippen molar-refractivity contribution in [3.05, 3.63) is 102 Å². The van der Waals surface area contributed by atoms with E-state index in [1.807, 2.05) is 72.9 Å². The van der Waals surface area contributed by atoms with Gasteiger partial charge in [0.05, 0.1) is 36.2 Å². The third kappa shape index (κ3) is 5.00. The van der Waals surface area contributed by atoms with Crippen LogP contribution < -0.4 is 19.7 Å². The van der Waals surface area contributed by atoms with Crippen LogP contribution in [0.15, 0.2) is 85.2 Å². The molecule has 190 valence electrons. The number of hydrogen-bond donors (Lipinski definition) is 1. The van der Waals surface area contributed by atoms with Crippen molar-refractivity contribution in [2.24, 2.45) is 0 Å². The molecule has 1 aliphatic heterocycles. The Morgan fingerprint density at radius 1 is 0.973 bits per heavy atom. The maximum absolute atomic E-state index is 6.64. The van der Waals surface area contributed by atoms with Gasteiger partial charge >= 0.3 is 0 Å². The number of nitrogens with zero attached hydrogens (tertiary/aromatic N) is 3. The molecule has 3 heterocycles. The molecule has 0 saturated carbocycles. The van der Waals surface area contributed by atoms with Crippen LogP contribution in [0.3, 0.4) is 0 Å². The van der Waals surface area contributed by atoms with E-state index in [2.05, 4.69) is 25.8 Å². The molecule has 1 aliphatic rings. The summed E-state index contributed by atoms with van der Waals surface area (Å²) < 4.78 is 18.6. The van der Waals surface area contributed by atoms with E-state index in [-0.39, 0.29) is 12.1 Å². The van der Waals surface area contributed by atoms with E-state index in [0.29, 0.717) is 29.1 Å². The molecule has 2 aromatic heterocycles. The molecule has 1 fully saturated rings. The zero-order valence-corrected chi connectivity index (χ0v) is 22.1. The Morgan fingerprint density at radius 3 is 2.57 bits per heavy atom. The Morgan fingerprint density at radius 2 is 1.81 bits per heavy atom. The lowest BCUT2D eigenvalue weighted by Crippen LogP contribution is -2.30. The van der Waals surface area contributed by atoms with Gasteiger partial charge in [0.1, 0.15) is 24.1 Å². The highest BCUT2D eigenvalue weighted by molar-refractivity contribution is 7.80. The average Bonchev–Trinajstić information content (AvgIpc) is 3.54. The molecule has 7 nitrogen and oxygen atoms in total. The third-order valence-corrected chi connectivity index (χ3v) is 6.87. The number of nitrogens with one attached hydrogen (secondary N) is 1. The number of methoxy groups -OCH3 is 2. The first-order valence-corrected chi connectivity index (χ1v) is 12.6. The molecular weight excluding hydrogens is 508 g/mol. The Labute approximate surface area is 226 Å². The molecule has 2 atom stereocenters. The van der Waals surface area contributed by atoms with Gasteiger partial charge in [-0.05, 0) is 66.8 Å². The normalized spacial score (nSPS) is 17.1. The molecule has 37 heavy (non-hydrogen) atoms. The van der Waals surface area contributed by atoms with Crippen LogP contribution in [0.25, 0.3) is 5.69 Å². The second kappa shape index (κ2) is 11.2. The number of thiocarbonyl (C=S) groups is 1. The Bertz CT molecular complexity index is 1380. The average molecular weight is 535 g/mol. The molecule has 9 heteroatoms. The SMILES string of the molecule is COCCOc1ccc(N2C(=S)N[C@H](c3ccccn3)[C@@H]2c2cccn2-c2ccccc2OC)cc1Cl. The van der Waals surface area contributed by atoms with E-state index in [1.165, 1.54) is 0 Å². The van der Waals surface area contributed by atoms with Gasteiger partial charge in [-0.3, -0.25) is 4.98 Å². The maximum Gasteiger partial charge on any atom is 0.174 e. The molecule has 0 spiro atoms. The number of anilines is 1. The second-order valence-electron chi connectivity index (χ2n) is 8.43. The predicted molar refractivity (Wildman–Crippen MR) is 149 cm³/mol. The number of halogens is 1. The number of hydrogen-bond acceptors (Lipinski definition) is 5. The van der Waals surface area contributed by atoms with Gasteiger partial charge in [-0.2, -0.15) is 0 Å². The van der Waals surface area contributed by atoms with E-state index < -0.39 is 0 Å². The summed E-state index contributed by atoms with van der Waals surface area (Å²) in [6.45, 7) is 0.891. The van der Waals surface area contributed by atoms with Crippen LogP contribution in [0.1, 0.15) is 23.5 Å². The predicted octanol–water partition coefficient (Wildman–Crippen LogP) is 5.74. The van der Waals surface area contributed by atoms with Crippen LogP contribution in [-0.2, 0) is 4.74 Å². The standard InChI is InChI=1S/C28H27ClN4O3S/c1-34-16-17-36-24-13-12-19(18-20(24)29)33-27(26(31-28(33)37)21-8-5-6-14-30-21)23-10-7-15-32(23)22-9-3-4-11-25(22)35-2/h3-15,18,26-27H,16-17H2,1-2H3,(H,31,37)/t26-,27+/m1/s1. The van der Waals surface area contributed by atoms with Crippen LogP contribution in [0.2, 0.25) is 5.02 Å². The fraction of sp³-hybridized carbons (Fsp3) is 0.214. The summed E-state index contributed by atoms with van der Waals surface area (Å²) in [4.78, 5) is 6.74. The van der Waals surface area contributed by atoms with Crippen LogP contribution in [0.5, 0.6) is 11.5 Å². The molecular formula is C28H27ClN4O3S. The van der Waals surface area contributed by atoms with Crippen molar-refractivity contribution in [1.29, 1.82) is 0 Å². The van der Waals surface area contributed by atoms with Crippen molar-refractivity contribution in [3.63, 3.8) is 0 Å². The van der Waals surface area contributed by atoms with Gasteiger partial charge in [0.25, 0.3) is 0 Å². The van der Waals surface area contributed by atoms with Crippen molar-refractivity contribution in [3.8, 4) is 17.2 Å². The van der Waals surface area contributed by atoms with Gasteiger partial charge in [0, 0.05) is 30.9 Å². The summed E-state index contributed by atoms with van der Waals surface area (Å²) in [5.74, 6) is 1.37. The third-order valence-electron chi connectivity index (χ3n) is 6.26. The van der Waals surface area contributed by atoms with Gasteiger partial charge < -0.3 is 29.0 Å². The molecule has 4 aromatic rings. The number of para-hydroxylation sites is 2. The van der Waals surface area contributed by atoms with Crippen molar-refractivity contribution < 1.29 is 14.2 Å². The largest absolute Gasteiger partial charge is 0.495 e. The topological polar surface area (TPSA) is 60.8 Å². The second-order valence-corrected chi connectivity index (χ2v) is 9.22. The minimum absolute atomic E-state index is 0.200. The molecule has 2 aromatic carbocycles. The van der Waals surface area contributed by atoms with Crippen LogP contribution in [0, 0.1) is 0 Å². The van der Waals surface area contributed by atoms with Gasteiger partial charge in [0.2, 0.25) is 0 Å². The highest BCUT2D eigenvalue weighted by atomic mass is 35.5. The lowest BCUT2D eigenvalue weighted by molar-refractivity contribution is 0.146. The van der Waals surface area contributed by atoms with E-state index >= 15 is 0 Å². The highest BCUT2D eigenvalue weighted by Crippen LogP contribution is 2.44. The first-order chi connectivity index (χ1) is 18.1. The smallest absolute Gasteiger partial charge is 0.174 e. The molecule has 0 aliphatic carbocycles. The monoisotopic (exact) mass is 534 g/mol. The number of aromatic nitrogens is 2. The molecule has 0 amide bonds. The summed E-state index contributed by atoms with van der Waals surface area (Å²) in [5, 5.41) is 4.58. The van der Waals surface area contributed by atoms with Gasteiger partial charge in [-0.1, -0.05) is 29.8 Å². The molecule has 0 unspecified atom stereocenters. The van der Waals surface area contributed by atoms with Crippen molar-refractivity contribution in [1.82, 2.24) is 14.9 Å². The summed E-state index contributed by atoms with van der Waals surface area (Å²) in [6.07, 6.45) is 3.82. The Balaban J connectivity index is 1.60. The lowest BCUT2D eigenvalue weighted by Gasteiger charge is -2.29. The summed E-state index contributed by atoms with van der Waals surface area (Å²) in [6, 6.07) is 23.2. The van der Waals surface area contributed by atoms with E-state index in [9.17, 15) is 0 Å². The minimum Gasteiger partial charge on any atom is -0.495 e. The molecule has 5 rings (SSSR count). The van der Waals surface area contributed by atoms with Crippen LogP contribution >= 0.6 is 23.8 Å². The molecule has 0 radical (unpaired) electrons. The molecule has 0 bridgehead atoms. The Kier molecular flexibility index (Phi) is 7.60. The number of pyridine rings is 1. The zero-order chi connectivity index (χ0) is 25.8. The first kappa shape index (κ1) is 25.1. The lowest BCUT2D eigenvalue weighted by atomic mass is 10.0. The minimum atomic E-state index is -0.223. The zero-order valence-electron chi connectivity index (χ0n) is 20.5. The van der Waals surface area contributed by atoms with Crippen molar-refractivity contribution >= 4 is 34.6 Å². The van der Waals surface area contributed by atoms with Crippen molar-refractivity contribution in [2.75, 3.05) is 32.3 Å². The van der Waals surface area contributed by atoms with E-state index in [1.54, 1.807) is 20.4 Å². The fourth-order valence-corrected chi connectivity index (χ4v) is 5.18. The van der Waals surface area contributed by atoms with Crippen LogP contribution in [-0.4, -0.2) is 42.1 Å². The number of benzene rings is 2. The summed E-state index contributed by atoms with van der Waals surface area (Å²) in [5.41, 5.74) is 3.68. The number of ether oxygens (including phenoxy) is 3. The summed E-state index contributed by atoms with van der Waals surface area (Å²) in [7, 11) is 3.31. The molecule has 1 N–H and O–H groups in total. The first-order valence-electron chi connectivity index (χ1n) is 11.8. The van der Waals surface area contributed by atoms with E-state index in [0.717, 1.165) is 28.5 Å². The van der Waals surface area contributed by atoms with Gasteiger partial charge in [-0.25, -0.2) is 0 Å². The highest BCUT2D eigenvalue weighted by Gasteiger charge is 2.42. The molecule has 1 saturated heterocycles. The van der Waals surface area contributed by atoms with Crippen molar-refractivity contribution in [2.45, 2.75) is 12.1 Å². The quantitative estimate of drug-likeness (QED) is 0.217. The van der Waals surface area contributed by atoms with Crippen LogP contribution in [0.4, 0.5) is 5.69 Å². The van der Waals surface area contributed by atoms with Gasteiger partial charge in [-0.15, -0.1) is 0 Å². The number of rotatable bonds is 9. The Hall–Kier alpha value is -3.59. The maximum atomic E-state index is 6.64. The van der Waals surface area contributed by atoms with E-state index in [4.69, 9.17) is 38.0 Å². The van der Waals surface area contributed by atoms with Gasteiger partial charge in [0.15, 0.2) is 5.11 Å². The fourth-order valence-electron chi connectivity index (χ4n) is 4.61. The summed E-state index contributed by atoms with van der Waals surface area (Å²) >= 11 is 12.5.